The first kappa shape index (κ1) is 11.9. The van der Waals surface area contributed by atoms with Crippen molar-refractivity contribution in [1.29, 1.82) is 0 Å². The summed E-state index contributed by atoms with van der Waals surface area (Å²) in [6.07, 6.45) is -1.84. The third-order valence-corrected chi connectivity index (χ3v) is 2.97. The van der Waals surface area contributed by atoms with Crippen LogP contribution < -0.4 is 5.32 Å². The Hall–Kier alpha value is -0.200. The number of rotatable bonds is 6. The van der Waals surface area contributed by atoms with Gasteiger partial charge in [0, 0.05) is 12.0 Å². The maximum Gasteiger partial charge on any atom is 0.108 e. The molecular weight excluding hydrogens is 186 g/mol. The lowest BCUT2D eigenvalue weighted by atomic mass is 9.92. The fourth-order valence-electron chi connectivity index (χ4n) is 1.61. The Labute approximate surface area is 83.4 Å². The lowest BCUT2D eigenvalue weighted by Crippen LogP contribution is -2.47. The second-order valence-electron chi connectivity index (χ2n) is 4.08. The Kier molecular flexibility index (Phi) is 3.86. The first-order valence-electron chi connectivity index (χ1n) is 4.87. The Morgan fingerprint density at radius 2 is 1.86 bits per heavy atom. The van der Waals surface area contributed by atoms with Gasteiger partial charge in [-0.15, -0.1) is 0 Å². The summed E-state index contributed by atoms with van der Waals surface area (Å²) in [4.78, 5) is 0. The summed E-state index contributed by atoms with van der Waals surface area (Å²) in [5.74, 6) is 0. The van der Waals surface area contributed by atoms with Crippen LogP contribution in [-0.2, 0) is 0 Å². The average molecular weight is 205 g/mol. The number of aliphatic hydroxyl groups is 4. The van der Waals surface area contributed by atoms with Crippen molar-refractivity contribution in [2.24, 2.45) is 5.41 Å². The molecule has 0 saturated heterocycles. The van der Waals surface area contributed by atoms with Gasteiger partial charge in [0.1, 0.15) is 6.10 Å². The SMILES string of the molecule is CNC[C@H](O)[C@@H](O)[C@H](O)C1(CO)CC1. The van der Waals surface area contributed by atoms with Gasteiger partial charge in [-0.2, -0.15) is 0 Å². The summed E-state index contributed by atoms with van der Waals surface area (Å²) < 4.78 is 0. The van der Waals surface area contributed by atoms with Gasteiger partial charge in [-0.05, 0) is 19.9 Å². The normalized spacial score (nSPS) is 25.5. The molecule has 1 aliphatic rings. The van der Waals surface area contributed by atoms with Crippen molar-refractivity contribution in [2.75, 3.05) is 20.2 Å². The zero-order chi connectivity index (χ0) is 10.8. The van der Waals surface area contributed by atoms with E-state index in [9.17, 15) is 15.3 Å². The van der Waals surface area contributed by atoms with Gasteiger partial charge in [-0.3, -0.25) is 0 Å². The molecule has 5 N–H and O–H groups in total. The minimum absolute atomic E-state index is 0.141. The van der Waals surface area contributed by atoms with Crippen LogP contribution in [0.3, 0.4) is 0 Å². The predicted octanol–water partition coefficient (Wildman–Crippen LogP) is -1.94. The zero-order valence-electron chi connectivity index (χ0n) is 8.35. The van der Waals surface area contributed by atoms with E-state index in [0.717, 1.165) is 0 Å². The predicted molar refractivity (Wildman–Crippen MR) is 50.7 cm³/mol. The highest BCUT2D eigenvalue weighted by Gasteiger charge is 2.52. The molecule has 3 atom stereocenters. The third kappa shape index (κ3) is 2.24. The minimum Gasteiger partial charge on any atom is -0.396 e. The van der Waals surface area contributed by atoms with Crippen LogP contribution >= 0.6 is 0 Å². The lowest BCUT2D eigenvalue weighted by Gasteiger charge is -2.28. The number of likely N-dealkylation sites (N-methyl/N-ethyl adjacent to an activating group) is 1. The lowest BCUT2D eigenvalue weighted by molar-refractivity contribution is -0.0944. The highest BCUT2D eigenvalue weighted by atomic mass is 16.4. The molecule has 0 heterocycles. The van der Waals surface area contributed by atoms with Crippen LogP contribution in [0.25, 0.3) is 0 Å². The third-order valence-electron chi connectivity index (χ3n) is 2.97. The Bertz CT molecular complexity index is 184. The fraction of sp³-hybridized carbons (Fsp3) is 1.00. The van der Waals surface area contributed by atoms with Crippen LogP contribution in [0.1, 0.15) is 12.8 Å². The molecule has 0 unspecified atom stereocenters. The van der Waals surface area contributed by atoms with Crippen LogP contribution in [0.5, 0.6) is 0 Å². The van der Waals surface area contributed by atoms with Crippen LogP contribution in [0.4, 0.5) is 0 Å². The Balaban J connectivity index is 2.47. The topological polar surface area (TPSA) is 93.0 Å². The molecule has 5 nitrogen and oxygen atoms in total. The Morgan fingerprint density at radius 3 is 2.21 bits per heavy atom. The monoisotopic (exact) mass is 205 g/mol. The first-order chi connectivity index (χ1) is 6.57. The van der Waals surface area contributed by atoms with Crippen molar-refractivity contribution in [2.45, 2.75) is 31.2 Å². The van der Waals surface area contributed by atoms with Gasteiger partial charge in [-0.25, -0.2) is 0 Å². The minimum atomic E-state index is -1.20. The van der Waals surface area contributed by atoms with E-state index >= 15 is 0 Å². The van der Waals surface area contributed by atoms with Gasteiger partial charge in [-0.1, -0.05) is 0 Å². The molecule has 84 valence electrons. The van der Waals surface area contributed by atoms with E-state index in [1.807, 2.05) is 0 Å². The standard InChI is InChI=1S/C9H19NO4/c1-10-4-6(12)7(13)8(14)9(5-11)2-3-9/h6-8,10-14H,2-5H2,1H3/t6-,7+,8-/m0/s1. The molecule has 1 fully saturated rings. The summed E-state index contributed by atoms with van der Waals surface area (Å²) in [5, 5.41) is 40.4. The summed E-state index contributed by atoms with van der Waals surface area (Å²) in [6.45, 7) is 0.0806. The van der Waals surface area contributed by atoms with Gasteiger partial charge in [0.2, 0.25) is 0 Å². The van der Waals surface area contributed by atoms with E-state index in [1.165, 1.54) is 0 Å². The maximum atomic E-state index is 9.71. The molecule has 0 aromatic carbocycles. The first-order valence-corrected chi connectivity index (χ1v) is 4.87. The second kappa shape index (κ2) is 4.55. The largest absolute Gasteiger partial charge is 0.396 e. The molecule has 1 saturated carbocycles. The van der Waals surface area contributed by atoms with Crippen LogP contribution in [0.2, 0.25) is 0 Å². The van der Waals surface area contributed by atoms with Crippen molar-refractivity contribution in [3.05, 3.63) is 0 Å². The fourth-order valence-corrected chi connectivity index (χ4v) is 1.61. The van der Waals surface area contributed by atoms with Crippen LogP contribution in [0, 0.1) is 5.41 Å². The van der Waals surface area contributed by atoms with Gasteiger partial charge >= 0.3 is 0 Å². The molecule has 0 spiro atoms. The van der Waals surface area contributed by atoms with E-state index in [-0.39, 0.29) is 13.2 Å². The van der Waals surface area contributed by atoms with E-state index in [4.69, 9.17) is 5.11 Å². The molecular formula is C9H19NO4. The smallest absolute Gasteiger partial charge is 0.108 e. The molecule has 5 heteroatoms. The van der Waals surface area contributed by atoms with Crippen molar-refractivity contribution in [3.63, 3.8) is 0 Å². The molecule has 0 radical (unpaired) electrons. The van der Waals surface area contributed by atoms with Crippen molar-refractivity contribution >= 4 is 0 Å². The molecule has 0 amide bonds. The number of aliphatic hydroxyl groups excluding tert-OH is 4. The molecule has 0 aliphatic heterocycles. The molecule has 14 heavy (non-hydrogen) atoms. The summed E-state index contributed by atoms with van der Waals surface area (Å²) in [5.41, 5.74) is -0.575. The van der Waals surface area contributed by atoms with Crippen molar-refractivity contribution < 1.29 is 20.4 Å². The van der Waals surface area contributed by atoms with Gasteiger partial charge < -0.3 is 25.7 Å². The molecule has 0 bridgehead atoms. The number of nitrogens with one attached hydrogen (secondary N) is 1. The second-order valence-corrected chi connectivity index (χ2v) is 4.08. The molecule has 1 aliphatic carbocycles. The number of hydrogen-bond acceptors (Lipinski definition) is 5. The van der Waals surface area contributed by atoms with E-state index in [2.05, 4.69) is 5.32 Å². The maximum absolute atomic E-state index is 9.71. The average Bonchev–Trinajstić information content (AvgIpc) is 2.96. The molecule has 1 rings (SSSR count). The van der Waals surface area contributed by atoms with E-state index in [1.54, 1.807) is 7.05 Å². The molecule has 0 aromatic rings. The van der Waals surface area contributed by atoms with Crippen molar-refractivity contribution in [3.8, 4) is 0 Å². The number of hydrogen-bond donors (Lipinski definition) is 5. The zero-order valence-corrected chi connectivity index (χ0v) is 8.35. The molecule has 0 aromatic heterocycles. The summed E-state index contributed by atoms with van der Waals surface area (Å²) in [6, 6.07) is 0. The van der Waals surface area contributed by atoms with Gasteiger partial charge in [0.25, 0.3) is 0 Å². The van der Waals surface area contributed by atoms with Gasteiger partial charge in [0.05, 0.1) is 18.8 Å². The summed E-state index contributed by atoms with van der Waals surface area (Å²) in [7, 11) is 1.65. The summed E-state index contributed by atoms with van der Waals surface area (Å²) >= 11 is 0. The quantitative estimate of drug-likeness (QED) is 0.348. The van der Waals surface area contributed by atoms with Crippen molar-refractivity contribution in [1.82, 2.24) is 5.32 Å². The van der Waals surface area contributed by atoms with E-state index < -0.39 is 23.7 Å². The van der Waals surface area contributed by atoms with Crippen LogP contribution in [0.15, 0.2) is 0 Å². The highest BCUT2D eigenvalue weighted by Crippen LogP contribution is 2.49. The van der Waals surface area contributed by atoms with E-state index in [0.29, 0.717) is 12.8 Å². The Morgan fingerprint density at radius 1 is 1.29 bits per heavy atom. The van der Waals surface area contributed by atoms with Gasteiger partial charge in [0.15, 0.2) is 0 Å². The van der Waals surface area contributed by atoms with Crippen LogP contribution in [-0.4, -0.2) is 58.9 Å². The highest BCUT2D eigenvalue weighted by molar-refractivity contribution is 5.02.